The third-order valence-electron chi connectivity index (χ3n) is 3.32. The number of halogens is 1. The summed E-state index contributed by atoms with van der Waals surface area (Å²) in [5.74, 6) is 2.52. The van der Waals surface area contributed by atoms with Crippen molar-refractivity contribution in [1.82, 2.24) is 9.97 Å². The zero-order chi connectivity index (χ0) is 13.5. The van der Waals surface area contributed by atoms with Crippen molar-refractivity contribution in [3.05, 3.63) is 10.8 Å². The van der Waals surface area contributed by atoms with E-state index in [0.29, 0.717) is 5.92 Å². The van der Waals surface area contributed by atoms with E-state index in [1.54, 1.807) is 6.33 Å². The van der Waals surface area contributed by atoms with Gasteiger partial charge in [0.25, 0.3) is 0 Å². The zero-order valence-electron chi connectivity index (χ0n) is 11.7. The van der Waals surface area contributed by atoms with Crippen LogP contribution in [0.25, 0.3) is 0 Å². The van der Waals surface area contributed by atoms with Gasteiger partial charge in [-0.2, -0.15) is 0 Å². The van der Waals surface area contributed by atoms with E-state index >= 15 is 0 Å². The molecule has 1 aromatic heterocycles. The molecule has 0 aromatic carbocycles. The highest BCUT2D eigenvalue weighted by molar-refractivity contribution is 9.10. The molecule has 0 amide bonds. The fourth-order valence-electron chi connectivity index (χ4n) is 1.98. The van der Waals surface area contributed by atoms with Crippen molar-refractivity contribution in [2.45, 2.75) is 33.6 Å². The van der Waals surface area contributed by atoms with E-state index in [-0.39, 0.29) is 0 Å². The lowest BCUT2D eigenvalue weighted by atomic mass is 10.0. The van der Waals surface area contributed by atoms with Gasteiger partial charge in [0.05, 0.1) is 0 Å². The highest BCUT2D eigenvalue weighted by Crippen LogP contribution is 2.29. The Morgan fingerprint density at radius 1 is 1.28 bits per heavy atom. The molecular weight excluding hydrogens is 292 g/mol. The van der Waals surface area contributed by atoms with Gasteiger partial charge in [-0.3, -0.25) is 0 Å². The number of hydrogen-bond acceptors (Lipinski definition) is 4. The smallest absolute Gasteiger partial charge is 0.148 e. The normalized spacial score (nSPS) is 10.8. The predicted molar refractivity (Wildman–Crippen MR) is 81.2 cm³/mol. The molecule has 1 rings (SSSR count). The average molecular weight is 315 g/mol. The summed E-state index contributed by atoms with van der Waals surface area (Å²) in [5, 5.41) is 3.07. The van der Waals surface area contributed by atoms with Gasteiger partial charge in [0.1, 0.15) is 22.4 Å². The maximum absolute atomic E-state index is 4.41. The molecule has 0 atom stereocenters. The van der Waals surface area contributed by atoms with Crippen molar-refractivity contribution in [2.24, 2.45) is 5.92 Å². The van der Waals surface area contributed by atoms with Gasteiger partial charge in [-0.25, -0.2) is 9.97 Å². The first-order chi connectivity index (χ1) is 8.67. The molecule has 1 aromatic rings. The molecule has 0 aliphatic rings. The summed E-state index contributed by atoms with van der Waals surface area (Å²) in [5.41, 5.74) is 0. The van der Waals surface area contributed by atoms with E-state index in [0.717, 1.165) is 29.2 Å². The third-order valence-corrected chi connectivity index (χ3v) is 4.05. The number of rotatable bonds is 7. The lowest BCUT2D eigenvalue weighted by Crippen LogP contribution is -2.30. The van der Waals surface area contributed by atoms with E-state index in [1.807, 2.05) is 7.05 Å². The molecule has 0 radical (unpaired) electrons. The summed E-state index contributed by atoms with van der Waals surface area (Å²) in [4.78, 5) is 10.9. The highest BCUT2D eigenvalue weighted by Gasteiger charge is 2.16. The average Bonchev–Trinajstić information content (AvgIpc) is 2.41. The lowest BCUT2D eigenvalue weighted by Gasteiger charge is -2.27. The Hall–Kier alpha value is -0.840. The van der Waals surface area contributed by atoms with Crippen LogP contribution in [0.15, 0.2) is 10.8 Å². The summed E-state index contributed by atoms with van der Waals surface area (Å²) in [6, 6.07) is 0. The van der Waals surface area contributed by atoms with Gasteiger partial charge in [0.2, 0.25) is 0 Å². The van der Waals surface area contributed by atoms with Gasteiger partial charge in [-0.1, -0.05) is 26.7 Å². The second kappa shape index (κ2) is 7.56. The van der Waals surface area contributed by atoms with Crippen LogP contribution in [-0.4, -0.2) is 30.1 Å². The number of nitrogens with zero attached hydrogens (tertiary/aromatic N) is 3. The molecular formula is C13H23BrN4. The third kappa shape index (κ3) is 3.57. The number of anilines is 2. The minimum Gasteiger partial charge on any atom is -0.372 e. The molecule has 1 heterocycles. The summed E-state index contributed by atoms with van der Waals surface area (Å²) in [6.07, 6.45) is 4.02. The molecule has 0 spiro atoms. The summed E-state index contributed by atoms with van der Waals surface area (Å²) in [6.45, 7) is 8.65. The molecule has 18 heavy (non-hydrogen) atoms. The minimum absolute atomic E-state index is 0.713. The predicted octanol–water partition coefficient (Wildman–Crippen LogP) is 3.54. The summed E-state index contributed by atoms with van der Waals surface area (Å²) in [7, 11) is 1.87. The van der Waals surface area contributed by atoms with E-state index in [4.69, 9.17) is 0 Å². The van der Waals surface area contributed by atoms with Crippen molar-refractivity contribution in [1.29, 1.82) is 0 Å². The van der Waals surface area contributed by atoms with Gasteiger partial charge >= 0.3 is 0 Å². The van der Waals surface area contributed by atoms with Crippen molar-refractivity contribution in [3.8, 4) is 0 Å². The molecule has 0 bridgehead atoms. The molecule has 0 fully saturated rings. The Morgan fingerprint density at radius 2 is 1.94 bits per heavy atom. The summed E-state index contributed by atoms with van der Waals surface area (Å²) >= 11 is 3.59. The molecule has 102 valence electrons. The van der Waals surface area contributed by atoms with Crippen LogP contribution in [0, 0.1) is 5.92 Å². The van der Waals surface area contributed by atoms with Crippen LogP contribution >= 0.6 is 15.9 Å². The molecule has 0 aliphatic carbocycles. The van der Waals surface area contributed by atoms with Crippen LogP contribution in [0.3, 0.4) is 0 Å². The van der Waals surface area contributed by atoms with Gasteiger partial charge in [-0.05, 0) is 28.8 Å². The van der Waals surface area contributed by atoms with Crippen LogP contribution in [-0.2, 0) is 0 Å². The molecule has 4 nitrogen and oxygen atoms in total. The molecule has 1 N–H and O–H groups in total. The van der Waals surface area contributed by atoms with E-state index < -0.39 is 0 Å². The Bertz CT molecular complexity index is 366. The summed E-state index contributed by atoms with van der Waals surface area (Å²) < 4.78 is 0.945. The van der Waals surface area contributed by atoms with E-state index in [1.165, 1.54) is 12.8 Å². The van der Waals surface area contributed by atoms with Crippen LogP contribution in [0.1, 0.15) is 33.6 Å². The van der Waals surface area contributed by atoms with Gasteiger partial charge in [0, 0.05) is 20.1 Å². The standard InChI is InChI=1S/C13H23BrN4/c1-5-10(6-2)8-18(7-3)13-11(14)12(15-4)16-9-17-13/h9-10H,5-8H2,1-4H3,(H,15,16,17). The zero-order valence-corrected chi connectivity index (χ0v) is 13.3. The Morgan fingerprint density at radius 3 is 2.44 bits per heavy atom. The Labute approximate surface area is 118 Å². The second-order valence-corrected chi connectivity index (χ2v) is 5.12. The minimum atomic E-state index is 0.713. The number of nitrogens with one attached hydrogen (secondary N) is 1. The van der Waals surface area contributed by atoms with Crippen LogP contribution in [0.2, 0.25) is 0 Å². The maximum Gasteiger partial charge on any atom is 0.148 e. The van der Waals surface area contributed by atoms with Crippen LogP contribution < -0.4 is 10.2 Å². The quantitative estimate of drug-likeness (QED) is 0.835. The van der Waals surface area contributed by atoms with Crippen LogP contribution in [0.5, 0.6) is 0 Å². The molecule has 0 saturated carbocycles. The van der Waals surface area contributed by atoms with Crippen molar-refractivity contribution < 1.29 is 0 Å². The van der Waals surface area contributed by atoms with Crippen LogP contribution in [0.4, 0.5) is 11.6 Å². The molecule has 0 saturated heterocycles. The Kier molecular flexibility index (Phi) is 6.39. The van der Waals surface area contributed by atoms with Gasteiger partial charge in [-0.15, -0.1) is 0 Å². The van der Waals surface area contributed by atoms with Crippen molar-refractivity contribution in [3.63, 3.8) is 0 Å². The molecule has 0 aliphatic heterocycles. The molecule has 0 unspecified atom stereocenters. The topological polar surface area (TPSA) is 41.1 Å². The lowest BCUT2D eigenvalue weighted by molar-refractivity contribution is 0.484. The monoisotopic (exact) mass is 314 g/mol. The SMILES string of the molecule is CCC(CC)CN(CC)c1ncnc(NC)c1Br. The maximum atomic E-state index is 4.41. The van der Waals surface area contributed by atoms with Crippen molar-refractivity contribution >= 4 is 27.6 Å². The first kappa shape index (κ1) is 15.2. The first-order valence-electron chi connectivity index (χ1n) is 6.60. The van der Waals surface area contributed by atoms with Gasteiger partial charge in [0.15, 0.2) is 0 Å². The fraction of sp³-hybridized carbons (Fsp3) is 0.692. The Balaban J connectivity index is 2.94. The van der Waals surface area contributed by atoms with Crippen molar-refractivity contribution in [2.75, 3.05) is 30.4 Å². The number of hydrogen-bond donors (Lipinski definition) is 1. The first-order valence-corrected chi connectivity index (χ1v) is 7.40. The highest BCUT2D eigenvalue weighted by atomic mass is 79.9. The van der Waals surface area contributed by atoms with Gasteiger partial charge < -0.3 is 10.2 Å². The fourth-order valence-corrected chi connectivity index (χ4v) is 2.63. The number of aromatic nitrogens is 2. The largest absolute Gasteiger partial charge is 0.372 e. The van der Waals surface area contributed by atoms with E-state index in [9.17, 15) is 0 Å². The van der Waals surface area contributed by atoms with E-state index in [2.05, 4.69) is 56.9 Å². The molecule has 5 heteroatoms. The second-order valence-electron chi connectivity index (χ2n) is 4.33.